The second-order valence-corrected chi connectivity index (χ2v) is 8.46. The van der Waals surface area contributed by atoms with Gasteiger partial charge in [-0.3, -0.25) is 0 Å². The normalized spacial score (nSPS) is 12.0. The molecule has 0 aliphatic rings. The molecule has 0 amide bonds. The molecule has 0 aliphatic carbocycles. The molecule has 128 valence electrons. The van der Waals surface area contributed by atoms with E-state index < -0.39 is 10.8 Å². The van der Waals surface area contributed by atoms with Crippen LogP contribution in [0, 0.1) is 17.4 Å². The average molecular weight is 462 g/mol. The summed E-state index contributed by atoms with van der Waals surface area (Å²) in [6.07, 6.45) is 0. The van der Waals surface area contributed by atoms with Gasteiger partial charge < -0.3 is 4.74 Å². The molecule has 1 atom stereocenters. The second-order valence-electron chi connectivity index (χ2n) is 5.85. The number of aryl methyl sites for hydroxylation is 2. The fraction of sp³-hybridized carbons (Fsp3) is 0.143. The van der Waals surface area contributed by atoms with Gasteiger partial charge in [0.2, 0.25) is 0 Å². The van der Waals surface area contributed by atoms with Crippen molar-refractivity contribution in [3.63, 3.8) is 0 Å². The molecule has 3 rings (SSSR count). The minimum absolute atomic E-state index is 0.741. The number of halogens is 1. The molecule has 3 aromatic rings. The summed E-state index contributed by atoms with van der Waals surface area (Å²) in [5.74, 6) is 0.741. The Morgan fingerprint density at radius 1 is 0.880 bits per heavy atom. The number of methoxy groups -OCH3 is 1. The largest absolute Gasteiger partial charge is 0.496 e. The fourth-order valence-electron chi connectivity index (χ4n) is 2.82. The molecule has 4 heteroatoms. The summed E-state index contributed by atoms with van der Waals surface area (Å²) in [5, 5.41) is 0. The summed E-state index contributed by atoms with van der Waals surface area (Å²) < 4.78 is 20.0. The zero-order valence-electron chi connectivity index (χ0n) is 14.4. The van der Waals surface area contributed by atoms with Crippen molar-refractivity contribution in [3.8, 4) is 16.9 Å². The van der Waals surface area contributed by atoms with E-state index in [2.05, 4.69) is 41.6 Å². The van der Waals surface area contributed by atoms with Crippen LogP contribution in [-0.2, 0) is 10.8 Å². The smallest absolute Gasteiger partial charge is 0.127 e. The van der Waals surface area contributed by atoms with Crippen LogP contribution in [0.2, 0.25) is 0 Å². The van der Waals surface area contributed by atoms with Gasteiger partial charge in [-0.15, -0.1) is 0 Å². The van der Waals surface area contributed by atoms with E-state index in [-0.39, 0.29) is 0 Å². The predicted octanol–water partition coefficient (Wildman–Crippen LogP) is 5.75. The van der Waals surface area contributed by atoms with Crippen LogP contribution in [0.4, 0.5) is 0 Å². The molecule has 25 heavy (non-hydrogen) atoms. The molecule has 2 nitrogen and oxygen atoms in total. The summed E-state index contributed by atoms with van der Waals surface area (Å²) in [5.41, 5.74) is 4.28. The van der Waals surface area contributed by atoms with E-state index in [1.807, 2.05) is 55.5 Å². The van der Waals surface area contributed by atoms with Gasteiger partial charge in [-0.05, 0) is 72.3 Å². The molecule has 0 saturated heterocycles. The highest BCUT2D eigenvalue weighted by molar-refractivity contribution is 14.1. The van der Waals surface area contributed by atoms with Gasteiger partial charge in [-0.1, -0.05) is 35.9 Å². The lowest BCUT2D eigenvalue weighted by Crippen LogP contribution is -2.01. The first kappa shape index (κ1) is 18.1. The molecule has 0 heterocycles. The van der Waals surface area contributed by atoms with Crippen LogP contribution in [0.3, 0.4) is 0 Å². The maximum Gasteiger partial charge on any atom is 0.127 e. The number of hydrogen-bond donors (Lipinski definition) is 0. The van der Waals surface area contributed by atoms with Crippen LogP contribution in [0.15, 0.2) is 70.5 Å². The van der Waals surface area contributed by atoms with Gasteiger partial charge in [0.25, 0.3) is 0 Å². The number of rotatable bonds is 4. The summed E-state index contributed by atoms with van der Waals surface area (Å²) in [6.45, 7) is 4.10. The summed E-state index contributed by atoms with van der Waals surface area (Å²) in [7, 11) is 0.376. The topological polar surface area (TPSA) is 26.3 Å². The van der Waals surface area contributed by atoms with Crippen molar-refractivity contribution in [2.45, 2.75) is 23.6 Å². The number of hydrogen-bond acceptors (Lipinski definition) is 2. The van der Waals surface area contributed by atoms with Gasteiger partial charge in [0.1, 0.15) is 5.75 Å². The molecular weight excluding hydrogens is 443 g/mol. The Morgan fingerprint density at radius 3 is 2.20 bits per heavy atom. The van der Waals surface area contributed by atoms with Crippen molar-refractivity contribution in [2.75, 3.05) is 7.11 Å². The first-order valence-corrected chi connectivity index (χ1v) is 10.2. The van der Waals surface area contributed by atoms with Gasteiger partial charge in [0, 0.05) is 19.6 Å². The van der Waals surface area contributed by atoms with E-state index in [4.69, 9.17) is 4.74 Å². The van der Waals surface area contributed by atoms with Gasteiger partial charge >= 0.3 is 0 Å². The van der Waals surface area contributed by atoms with Crippen molar-refractivity contribution in [1.29, 1.82) is 0 Å². The van der Waals surface area contributed by atoms with Crippen molar-refractivity contribution in [2.24, 2.45) is 0 Å². The average Bonchev–Trinajstić information content (AvgIpc) is 2.61. The molecule has 0 unspecified atom stereocenters. The van der Waals surface area contributed by atoms with E-state index in [0.29, 0.717) is 0 Å². The first-order chi connectivity index (χ1) is 12.0. The van der Waals surface area contributed by atoms with Crippen LogP contribution in [-0.4, -0.2) is 11.3 Å². The standard InChI is InChI=1S/C21H19IO2S/c1-14-10-12-16(13-11-14)25(23)19-9-5-8-18(24-3)21(19)20-15(2)6-4-7-17(20)22/h4-13H,1-3H3/t25-/m0/s1. The lowest BCUT2D eigenvalue weighted by molar-refractivity contribution is 0.415. The van der Waals surface area contributed by atoms with Crippen molar-refractivity contribution >= 4 is 33.4 Å². The Labute approximate surface area is 164 Å². The Morgan fingerprint density at radius 2 is 1.56 bits per heavy atom. The maximum absolute atomic E-state index is 13.3. The van der Waals surface area contributed by atoms with Gasteiger partial charge in [0.15, 0.2) is 0 Å². The van der Waals surface area contributed by atoms with Crippen LogP contribution in [0.25, 0.3) is 11.1 Å². The Balaban J connectivity index is 2.25. The van der Waals surface area contributed by atoms with Gasteiger partial charge in [-0.25, -0.2) is 4.21 Å². The number of benzene rings is 3. The highest BCUT2D eigenvalue weighted by atomic mass is 127. The first-order valence-electron chi connectivity index (χ1n) is 7.94. The van der Waals surface area contributed by atoms with Crippen molar-refractivity contribution < 1.29 is 8.95 Å². The monoisotopic (exact) mass is 462 g/mol. The summed E-state index contributed by atoms with van der Waals surface area (Å²) in [4.78, 5) is 1.57. The zero-order chi connectivity index (χ0) is 18.0. The van der Waals surface area contributed by atoms with Crippen molar-refractivity contribution in [1.82, 2.24) is 0 Å². The molecule has 0 saturated carbocycles. The maximum atomic E-state index is 13.3. The molecule has 0 N–H and O–H groups in total. The zero-order valence-corrected chi connectivity index (χ0v) is 17.4. The molecule has 0 fully saturated rings. The minimum atomic E-state index is -1.28. The molecule has 0 bridgehead atoms. The molecule has 0 aromatic heterocycles. The lowest BCUT2D eigenvalue weighted by atomic mass is 10.00. The molecule has 0 aliphatic heterocycles. The minimum Gasteiger partial charge on any atom is -0.496 e. The van der Waals surface area contributed by atoms with Crippen LogP contribution in [0.5, 0.6) is 5.75 Å². The SMILES string of the molecule is COc1cccc([S@@](=O)c2ccc(C)cc2)c1-c1c(C)cccc1I. The molecular formula is C21H19IO2S. The van der Waals surface area contributed by atoms with Gasteiger partial charge in [0.05, 0.1) is 22.8 Å². The van der Waals surface area contributed by atoms with E-state index in [1.54, 1.807) is 7.11 Å². The third-order valence-corrected chi connectivity index (χ3v) is 6.45. The quantitative estimate of drug-likeness (QED) is 0.462. The lowest BCUT2D eigenvalue weighted by Gasteiger charge is -2.17. The highest BCUT2D eigenvalue weighted by Crippen LogP contribution is 2.40. The van der Waals surface area contributed by atoms with E-state index >= 15 is 0 Å². The Kier molecular flexibility index (Phi) is 5.59. The fourth-order valence-corrected chi connectivity index (χ4v) is 4.95. The summed E-state index contributed by atoms with van der Waals surface area (Å²) >= 11 is 2.33. The summed E-state index contributed by atoms with van der Waals surface area (Å²) in [6, 6.07) is 19.8. The highest BCUT2D eigenvalue weighted by Gasteiger charge is 2.20. The number of ether oxygens (including phenoxy) is 1. The third-order valence-electron chi connectivity index (χ3n) is 4.11. The second kappa shape index (κ2) is 7.70. The predicted molar refractivity (Wildman–Crippen MR) is 112 cm³/mol. The van der Waals surface area contributed by atoms with E-state index in [9.17, 15) is 4.21 Å². The Hall–Kier alpha value is -1.66. The van der Waals surface area contributed by atoms with E-state index in [1.165, 1.54) is 0 Å². The molecule has 3 aromatic carbocycles. The molecule has 0 radical (unpaired) electrons. The van der Waals surface area contributed by atoms with Crippen molar-refractivity contribution in [3.05, 3.63) is 75.4 Å². The Bertz CT molecular complexity index is 913. The molecule has 0 spiro atoms. The van der Waals surface area contributed by atoms with Crippen LogP contribution >= 0.6 is 22.6 Å². The van der Waals surface area contributed by atoms with Crippen LogP contribution in [0.1, 0.15) is 11.1 Å². The van der Waals surface area contributed by atoms with Crippen LogP contribution < -0.4 is 4.74 Å². The van der Waals surface area contributed by atoms with Gasteiger partial charge in [-0.2, -0.15) is 0 Å². The van der Waals surface area contributed by atoms with E-state index in [0.717, 1.165) is 41.4 Å². The third kappa shape index (κ3) is 3.65.